The number of aryl methyl sites for hydroxylation is 1. The lowest BCUT2D eigenvalue weighted by molar-refractivity contribution is 0.489. The Hall–Kier alpha value is -2.17. The third-order valence-corrected chi connectivity index (χ3v) is 6.02. The van der Waals surface area contributed by atoms with Gasteiger partial charge in [0.1, 0.15) is 0 Å². The Bertz CT molecular complexity index is 840. The lowest BCUT2D eigenvalue weighted by Crippen LogP contribution is -2.28. The number of hydrogen-bond donors (Lipinski definition) is 0. The van der Waals surface area contributed by atoms with Gasteiger partial charge < -0.3 is 0 Å². The van der Waals surface area contributed by atoms with E-state index in [2.05, 4.69) is 24.8 Å². The molecule has 1 aliphatic rings. The van der Waals surface area contributed by atoms with E-state index in [-0.39, 0.29) is 0 Å². The molecule has 0 atom stereocenters. The summed E-state index contributed by atoms with van der Waals surface area (Å²) >= 11 is 0. The molecule has 0 amide bonds. The van der Waals surface area contributed by atoms with Gasteiger partial charge >= 0.3 is 0 Å². The van der Waals surface area contributed by atoms with Gasteiger partial charge in [-0.05, 0) is 41.7 Å². The Morgan fingerprint density at radius 2 is 1.58 bits per heavy atom. The van der Waals surface area contributed by atoms with Crippen molar-refractivity contribution >= 4 is 10.0 Å². The third-order valence-electron chi connectivity index (χ3n) is 4.22. The molecule has 2 aromatic rings. The summed E-state index contributed by atoms with van der Waals surface area (Å²) in [6, 6.07) is 18.9. The molecule has 4 heteroatoms. The van der Waals surface area contributed by atoms with Crippen LogP contribution in [0.4, 0.5) is 0 Å². The zero-order valence-electron chi connectivity index (χ0n) is 13.6. The molecule has 3 rings (SSSR count). The molecule has 0 N–H and O–H groups in total. The van der Waals surface area contributed by atoms with Crippen molar-refractivity contribution < 1.29 is 8.42 Å². The zero-order chi connectivity index (χ0) is 17.0. The Morgan fingerprint density at radius 1 is 0.958 bits per heavy atom. The van der Waals surface area contributed by atoms with E-state index in [0.29, 0.717) is 18.0 Å². The van der Waals surface area contributed by atoms with Crippen LogP contribution >= 0.6 is 0 Å². The van der Waals surface area contributed by atoms with Gasteiger partial charge in [-0.1, -0.05) is 61.2 Å². The summed E-state index contributed by atoms with van der Waals surface area (Å²) in [5.41, 5.74) is 3.21. The first-order valence-electron chi connectivity index (χ1n) is 8.03. The Balaban J connectivity index is 1.68. The van der Waals surface area contributed by atoms with Crippen LogP contribution in [0.15, 0.2) is 89.4 Å². The number of hydrogen-bond acceptors (Lipinski definition) is 2. The van der Waals surface area contributed by atoms with E-state index in [1.165, 1.54) is 9.87 Å². The maximum atomic E-state index is 12.7. The van der Waals surface area contributed by atoms with Crippen LogP contribution in [0.1, 0.15) is 12.0 Å². The van der Waals surface area contributed by atoms with Crippen LogP contribution in [-0.4, -0.2) is 25.8 Å². The molecule has 124 valence electrons. The highest BCUT2D eigenvalue weighted by Crippen LogP contribution is 2.27. The Labute approximate surface area is 144 Å². The highest BCUT2D eigenvalue weighted by molar-refractivity contribution is 7.89. The minimum Gasteiger partial charge on any atom is -0.207 e. The van der Waals surface area contributed by atoms with Gasteiger partial charge in [0.05, 0.1) is 4.90 Å². The maximum absolute atomic E-state index is 12.7. The van der Waals surface area contributed by atoms with Crippen LogP contribution in [0.25, 0.3) is 0 Å². The molecule has 0 aliphatic carbocycles. The molecule has 1 fully saturated rings. The highest BCUT2D eigenvalue weighted by atomic mass is 32.2. The molecule has 0 aromatic heterocycles. The van der Waals surface area contributed by atoms with E-state index in [0.717, 1.165) is 24.0 Å². The summed E-state index contributed by atoms with van der Waals surface area (Å²) < 4.78 is 26.9. The average Bonchev–Trinajstić information content (AvgIpc) is 2.98. The summed E-state index contributed by atoms with van der Waals surface area (Å²) in [5, 5.41) is 0. The van der Waals surface area contributed by atoms with Crippen molar-refractivity contribution in [2.45, 2.75) is 17.7 Å². The predicted octanol–water partition coefficient (Wildman–Crippen LogP) is 3.81. The predicted molar refractivity (Wildman–Crippen MR) is 97.2 cm³/mol. The van der Waals surface area contributed by atoms with Gasteiger partial charge in [-0.2, -0.15) is 4.31 Å². The van der Waals surface area contributed by atoms with Crippen molar-refractivity contribution in [1.82, 2.24) is 4.31 Å². The Morgan fingerprint density at radius 3 is 2.25 bits per heavy atom. The number of benzene rings is 2. The number of allylic oxidation sites excluding steroid dienone is 1. The van der Waals surface area contributed by atoms with Crippen LogP contribution < -0.4 is 0 Å². The SMILES string of the molecule is C=C1CN(S(=O)(=O)c2ccccc2)C/C1=C\CCc1ccccc1. The summed E-state index contributed by atoms with van der Waals surface area (Å²) in [5.74, 6) is 0. The quantitative estimate of drug-likeness (QED) is 0.831. The molecule has 0 saturated carbocycles. The third kappa shape index (κ3) is 3.66. The van der Waals surface area contributed by atoms with Gasteiger partial charge in [-0.15, -0.1) is 0 Å². The summed E-state index contributed by atoms with van der Waals surface area (Å²) in [6.07, 6.45) is 3.95. The van der Waals surface area contributed by atoms with E-state index in [1.807, 2.05) is 24.3 Å². The second-order valence-electron chi connectivity index (χ2n) is 5.94. The van der Waals surface area contributed by atoms with E-state index in [1.54, 1.807) is 24.3 Å². The second kappa shape index (κ2) is 7.16. The number of rotatable bonds is 5. The van der Waals surface area contributed by atoms with Crippen LogP contribution in [-0.2, 0) is 16.4 Å². The molecule has 0 unspecified atom stereocenters. The molecule has 1 heterocycles. The van der Waals surface area contributed by atoms with Crippen molar-refractivity contribution in [2.24, 2.45) is 0 Å². The van der Waals surface area contributed by atoms with Crippen LogP contribution in [0.2, 0.25) is 0 Å². The van der Waals surface area contributed by atoms with Gasteiger partial charge in [0.25, 0.3) is 0 Å². The molecule has 0 radical (unpaired) electrons. The number of nitrogens with zero attached hydrogens (tertiary/aromatic N) is 1. The molecule has 0 spiro atoms. The van der Waals surface area contributed by atoms with E-state index >= 15 is 0 Å². The normalized spacial score (nSPS) is 17.5. The second-order valence-corrected chi connectivity index (χ2v) is 7.88. The fourth-order valence-corrected chi connectivity index (χ4v) is 4.28. The smallest absolute Gasteiger partial charge is 0.207 e. The largest absolute Gasteiger partial charge is 0.243 e. The average molecular weight is 339 g/mol. The van der Waals surface area contributed by atoms with Gasteiger partial charge in [0, 0.05) is 13.1 Å². The standard InChI is InChI=1S/C20H21NO2S/c1-17-15-21(24(22,23)20-13-6-3-7-14-20)16-19(17)12-8-11-18-9-4-2-5-10-18/h2-7,9-10,12-14H,1,8,11,15-16H2/b19-12+. The first-order valence-corrected chi connectivity index (χ1v) is 9.48. The maximum Gasteiger partial charge on any atom is 0.243 e. The van der Waals surface area contributed by atoms with Crippen LogP contribution in [0, 0.1) is 0 Å². The fraction of sp³-hybridized carbons (Fsp3) is 0.200. The molecule has 0 bridgehead atoms. The van der Waals surface area contributed by atoms with Crippen molar-refractivity contribution in [2.75, 3.05) is 13.1 Å². The molecular weight excluding hydrogens is 318 g/mol. The molecular formula is C20H21NO2S. The minimum atomic E-state index is -3.45. The Kier molecular flexibility index (Phi) is 4.97. The van der Waals surface area contributed by atoms with E-state index < -0.39 is 10.0 Å². The molecule has 3 nitrogen and oxygen atoms in total. The first kappa shape index (κ1) is 16.7. The van der Waals surface area contributed by atoms with Gasteiger partial charge in [0.2, 0.25) is 10.0 Å². The topological polar surface area (TPSA) is 37.4 Å². The van der Waals surface area contributed by atoms with Crippen LogP contribution in [0.3, 0.4) is 0 Å². The summed E-state index contributed by atoms with van der Waals surface area (Å²) in [4.78, 5) is 0.336. The molecule has 1 saturated heterocycles. The highest BCUT2D eigenvalue weighted by Gasteiger charge is 2.31. The minimum absolute atomic E-state index is 0.336. The van der Waals surface area contributed by atoms with Crippen molar-refractivity contribution in [3.05, 3.63) is 90.0 Å². The first-order chi connectivity index (χ1) is 11.6. The van der Waals surface area contributed by atoms with Crippen LogP contribution in [0.5, 0.6) is 0 Å². The fourth-order valence-electron chi connectivity index (χ4n) is 2.85. The van der Waals surface area contributed by atoms with Crippen molar-refractivity contribution in [3.63, 3.8) is 0 Å². The van der Waals surface area contributed by atoms with Gasteiger partial charge in [0.15, 0.2) is 0 Å². The molecule has 1 aliphatic heterocycles. The monoisotopic (exact) mass is 339 g/mol. The molecule has 24 heavy (non-hydrogen) atoms. The van der Waals surface area contributed by atoms with E-state index in [4.69, 9.17) is 0 Å². The van der Waals surface area contributed by atoms with Gasteiger partial charge in [-0.3, -0.25) is 0 Å². The summed E-state index contributed by atoms with van der Waals surface area (Å²) in [7, 11) is -3.45. The van der Waals surface area contributed by atoms with E-state index in [9.17, 15) is 8.42 Å². The zero-order valence-corrected chi connectivity index (χ0v) is 14.4. The molecule has 2 aromatic carbocycles. The van der Waals surface area contributed by atoms with Gasteiger partial charge in [-0.25, -0.2) is 8.42 Å². The lowest BCUT2D eigenvalue weighted by atomic mass is 10.1. The van der Waals surface area contributed by atoms with Crippen molar-refractivity contribution in [3.8, 4) is 0 Å². The summed E-state index contributed by atoms with van der Waals surface area (Å²) in [6.45, 7) is 4.82. The number of sulfonamides is 1. The lowest BCUT2D eigenvalue weighted by Gasteiger charge is -2.14. The van der Waals surface area contributed by atoms with Crippen molar-refractivity contribution in [1.29, 1.82) is 0 Å².